The van der Waals surface area contributed by atoms with Crippen LogP contribution in [-0.4, -0.2) is 55.2 Å². The van der Waals surface area contributed by atoms with Crippen molar-refractivity contribution in [3.05, 3.63) is 71.3 Å². The number of aromatic nitrogens is 1. The highest BCUT2D eigenvalue weighted by atomic mass is 32.1. The number of carbonyl (C=O) groups excluding carboxylic acids is 1. The first kappa shape index (κ1) is 23.0. The van der Waals surface area contributed by atoms with Gasteiger partial charge in [-0.05, 0) is 42.7 Å². The van der Waals surface area contributed by atoms with Crippen LogP contribution in [-0.2, 0) is 16.1 Å². The number of allylic oxidation sites excluding steroid dienone is 2. The lowest BCUT2D eigenvalue weighted by Gasteiger charge is -2.26. The first-order chi connectivity index (χ1) is 16.8. The molecule has 2 heterocycles. The second-order valence-corrected chi connectivity index (χ2v) is 9.91. The summed E-state index contributed by atoms with van der Waals surface area (Å²) in [7, 11) is 0. The van der Waals surface area contributed by atoms with Crippen molar-refractivity contribution in [2.75, 3.05) is 39.5 Å². The predicted molar refractivity (Wildman–Crippen MR) is 135 cm³/mol. The first-order valence-corrected chi connectivity index (χ1v) is 12.9. The molecule has 1 N–H and O–H groups in total. The smallest absolute Gasteiger partial charge is 0.224 e. The zero-order valence-corrected chi connectivity index (χ0v) is 20.1. The molecule has 2 atom stereocenters. The maximum atomic E-state index is 13.2. The van der Waals surface area contributed by atoms with Crippen LogP contribution in [0.25, 0.3) is 10.2 Å². The number of morpholine rings is 1. The van der Waals surface area contributed by atoms with Crippen molar-refractivity contribution < 1.29 is 14.3 Å². The summed E-state index contributed by atoms with van der Waals surface area (Å²) in [5.74, 6) is 0.955. The van der Waals surface area contributed by atoms with E-state index in [1.54, 1.807) is 11.3 Å². The molecule has 1 fully saturated rings. The third kappa shape index (κ3) is 5.66. The van der Waals surface area contributed by atoms with Gasteiger partial charge in [0, 0.05) is 32.1 Å². The van der Waals surface area contributed by atoms with Gasteiger partial charge in [-0.15, -0.1) is 11.3 Å². The minimum Gasteiger partial charge on any atom is -0.492 e. The van der Waals surface area contributed by atoms with Gasteiger partial charge in [0.05, 0.1) is 34.4 Å². The molecule has 6 nitrogen and oxygen atoms in total. The summed E-state index contributed by atoms with van der Waals surface area (Å²) in [6.45, 7) is 5.55. The minimum atomic E-state index is -0.0986. The van der Waals surface area contributed by atoms with Crippen LogP contribution in [0.4, 0.5) is 0 Å². The number of hydrogen-bond donors (Lipinski definition) is 1. The molecular formula is C27H31N3O3S. The molecule has 178 valence electrons. The van der Waals surface area contributed by atoms with Gasteiger partial charge in [0.1, 0.15) is 12.4 Å². The van der Waals surface area contributed by atoms with Crippen LogP contribution in [0.15, 0.2) is 60.7 Å². The van der Waals surface area contributed by atoms with E-state index >= 15 is 0 Å². The maximum Gasteiger partial charge on any atom is 0.224 e. The fourth-order valence-electron chi connectivity index (χ4n) is 4.61. The molecule has 5 rings (SSSR count). The van der Waals surface area contributed by atoms with E-state index in [9.17, 15) is 4.79 Å². The van der Waals surface area contributed by atoms with Gasteiger partial charge in [-0.2, -0.15) is 0 Å². The number of amides is 1. The Morgan fingerprint density at radius 1 is 1.12 bits per heavy atom. The quantitative estimate of drug-likeness (QED) is 0.488. The van der Waals surface area contributed by atoms with Gasteiger partial charge in [0.25, 0.3) is 0 Å². The van der Waals surface area contributed by atoms with Crippen molar-refractivity contribution in [2.24, 2.45) is 5.92 Å². The van der Waals surface area contributed by atoms with Crippen LogP contribution in [0, 0.1) is 5.92 Å². The van der Waals surface area contributed by atoms with E-state index in [0.29, 0.717) is 13.2 Å². The number of para-hydroxylation sites is 1. The normalized spacial score (nSPS) is 20.9. The Hall–Kier alpha value is -2.74. The standard InChI is InChI=1S/C27H31N3O3S/c31-26(22-8-1-2-9-23(22)27-29-24-10-3-4-11-25(24)34-27)28-19-20-6-5-7-21(18-20)33-17-14-30-12-15-32-16-13-30/h1-7,10-11,18,22-23H,8-9,12-17,19H2,(H,28,31). The minimum absolute atomic E-state index is 0.0900. The summed E-state index contributed by atoms with van der Waals surface area (Å²) in [6, 6.07) is 16.2. The van der Waals surface area contributed by atoms with Crippen molar-refractivity contribution in [3.63, 3.8) is 0 Å². The van der Waals surface area contributed by atoms with Crippen LogP contribution in [0.3, 0.4) is 0 Å². The summed E-state index contributed by atoms with van der Waals surface area (Å²) < 4.78 is 12.5. The van der Waals surface area contributed by atoms with E-state index in [2.05, 4.69) is 28.4 Å². The van der Waals surface area contributed by atoms with Gasteiger partial charge in [-0.1, -0.05) is 36.4 Å². The van der Waals surface area contributed by atoms with E-state index in [0.717, 1.165) is 67.5 Å². The van der Waals surface area contributed by atoms with Crippen molar-refractivity contribution >= 4 is 27.5 Å². The molecule has 34 heavy (non-hydrogen) atoms. The lowest BCUT2D eigenvalue weighted by atomic mass is 9.82. The van der Waals surface area contributed by atoms with Crippen molar-refractivity contribution in [3.8, 4) is 5.75 Å². The zero-order valence-electron chi connectivity index (χ0n) is 19.3. The van der Waals surface area contributed by atoms with E-state index in [1.165, 1.54) is 4.70 Å². The molecule has 2 unspecified atom stereocenters. The molecule has 1 aliphatic carbocycles. The molecule has 2 aromatic carbocycles. The number of benzene rings is 2. The van der Waals surface area contributed by atoms with Gasteiger partial charge >= 0.3 is 0 Å². The number of nitrogens with zero attached hydrogens (tertiary/aromatic N) is 2. The molecular weight excluding hydrogens is 446 g/mol. The average Bonchev–Trinajstić information content (AvgIpc) is 3.32. The van der Waals surface area contributed by atoms with Crippen LogP contribution in [0.1, 0.15) is 29.3 Å². The van der Waals surface area contributed by atoms with Crippen LogP contribution < -0.4 is 10.1 Å². The summed E-state index contributed by atoms with van der Waals surface area (Å²) in [4.78, 5) is 20.4. The topological polar surface area (TPSA) is 63.7 Å². The van der Waals surface area contributed by atoms with Gasteiger partial charge in [-0.3, -0.25) is 9.69 Å². The third-order valence-electron chi connectivity index (χ3n) is 6.54. The van der Waals surface area contributed by atoms with Crippen molar-refractivity contribution in [1.29, 1.82) is 0 Å². The van der Waals surface area contributed by atoms with Gasteiger partial charge in [0.2, 0.25) is 5.91 Å². The SMILES string of the molecule is O=C(NCc1cccc(OCCN2CCOCC2)c1)C1CC=CCC1c1nc2ccccc2s1. The Bertz CT molecular complexity index is 1110. The fraction of sp³-hybridized carbons (Fsp3) is 0.407. The van der Waals surface area contributed by atoms with E-state index < -0.39 is 0 Å². The lowest BCUT2D eigenvalue weighted by Crippen LogP contribution is -2.38. The molecule has 1 aromatic heterocycles. The average molecular weight is 478 g/mol. The third-order valence-corrected chi connectivity index (χ3v) is 7.71. The van der Waals surface area contributed by atoms with Crippen LogP contribution in [0.5, 0.6) is 5.75 Å². The number of fused-ring (bicyclic) bond motifs is 1. The lowest BCUT2D eigenvalue weighted by molar-refractivity contribution is -0.125. The molecule has 1 amide bonds. The fourth-order valence-corrected chi connectivity index (χ4v) is 5.75. The number of ether oxygens (including phenoxy) is 2. The second kappa shape index (κ2) is 11.1. The predicted octanol–water partition coefficient (Wildman–Crippen LogP) is 4.37. The van der Waals surface area contributed by atoms with Crippen LogP contribution in [0.2, 0.25) is 0 Å². The van der Waals surface area contributed by atoms with E-state index in [1.807, 2.05) is 42.5 Å². The van der Waals surface area contributed by atoms with E-state index in [4.69, 9.17) is 14.5 Å². The van der Waals surface area contributed by atoms with Gasteiger partial charge < -0.3 is 14.8 Å². The highest BCUT2D eigenvalue weighted by molar-refractivity contribution is 7.18. The number of hydrogen-bond acceptors (Lipinski definition) is 6. The van der Waals surface area contributed by atoms with Gasteiger partial charge in [0.15, 0.2) is 0 Å². The second-order valence-electron chi connectivity index (χ2n) is 8.84. The highest BCUT2D eigenvalue weighted by Crippen LogP contribution is 2.38. The molecule has 1 aliphatic heterocycles. The molecule has 7 heteroatoms. The summed E-state index contributed by atoms with van der Waals surface area (Å²) in [5, 5.41) is 4.22. The number of thiazole rings is 1. The Kier molecular flexibility index (Phi) is 7.53. The highest BCUT2D eigenvalue weighted by Gasteiger charge is 2.32. The monoisotopic (exact) mass is 477 g/mol. The molecule has 0 bridgehead atoms. The Balaban J connectivity index is 1.17. The maximum absolute atomic E-state index is 13.2. The van der Waals surface area contributed by atoms with Crippen molar-refractivity contribution in [1.82, 2.24) is 15.2 Å². The van der Waals surface area contributed by atoms with Gasteiger partial charge in [-0.25, -0.2) is 4.98 Å². The zero-order chi connectivity index (χ0) is 23.2. The summed E-state index contributed by atoms with van der Waals surface area (Å²) >= 11 is 1.71. The van der Waals surface area contributed by atoms with Crippen LogP contribution >= 0.6 is 11.3 Å². The van der Waals surface area contributed by atoms with E-state index in [-0.39, 0.29) is 17.7 Å². The first-order valence-electron chi connectivity index (χ1n) is 12.1. The molecule has 0 saturated carbocycles. The number of rotatable bonds is 8. The molecule has 0 radical (unpaired) electrons. The molecule has 0 spiro atoms. The Morgan fingerprint density at radius 3 is 2.85 bits per heavy atom. The summed E-state index contributed by atoms with van der Waals surface area (Å²) in [5.41, 5.74) is 2.06. The number of nitrogens with one attached hydrogen (secondary N) is 1. The molecule has 1 saturated heterocycles. The Morgan fingerprint density at radius 2 is 1.97 bits per heavy atom. The molecule has 2 aliphatic rings. The summed E-state index contributed by atoms with van der Waals surface area (Å²) in [6.07, 6.45) is 5.90. The molecule has 3 aromatic rings. The largest absolute Gasteiger partial charge is 0.492 e. The Labute approximate surface area is 204 Å². The van der Waals surface area contributed by atoms with Crippen molar-refractivity contribution in [2.45, 2.75) is 25.3 Å². The number of carbonyl (C=O) groups is 1.